The van der Waals surface area contributed by atoms with E-state index in [2.05, 4.69) is 21.2 Å². The van der Waals surface area contributed by atoms with Gasteiger partial charge in [0.05, 0.1) is 6.61 Å². The minimum absolute atomic E-state index is 0.680. The summed E-state index contributed by atoms with van der Waals surface area (Å²) in [5, 5.41) is 4.71. The molecule has 0 spiro atoms. The lowest BCUT2D eigenvalue weighted by molar-refractivity contribution is 0.288. The van der Waals surface area contributed by atoms with E-state index in [1.807, 2.05) is 48.6 Å². The third kappa shape index (κ3) is 6.83. The number of halogens is 3. The minimum Gasteiger partial charge on any atom is -0.494 e. The highest BCUT2D eigenvalue weighted by atomic mass is 79.9. The van der Waals surface area contributed by atoms with Crippen LogP contribution in [-0.2, 0) is 0 Å². The molecule has 0 aromatic heterocycles. The van der Waals surface area contributed by atoms with Crippen LogP contribution in [-0.4, -0.2) is 19.7 Å². The number of hydrogen-bond acceptors (Lipinski definition) is 2. The van der Waals surface area contributed by atoms with Crippen molar-refractivity contribution in [3.63, 3.8) is 0 Å². The molecule has 3 rings (SSSR count). The highest BCUT2D eigenvalue weighted by Crippen LogP contribution is 2.26. The standard InChI is InChI=1S/C22H24BrCl2NO/c23-22-13-19(24)8-7-18(22)6-5-16-10-20(25)12-21(11-16)27-9-3-1-2-4-17-14-26-15-17/h5-8,10-13,17,26H,1-4,9,14-15H2/b6-5+. The van der Waals surface area contributed by atoms with Crippen molar-refractivity contribution >= 4 is 51.3 Å². The molecule has 0 radical (unpaired) electrons. The second-order valence-electron chi connectivity index (χ2n) is 6.94. The summed E-state index contributed by atoms with van der Waals surface area (Å²) in [7, 11) is 0. The SMILES string of the molecule is Clc1cc(/C=C/c2ccc(Cl)cc2Br)cc(OCCCCCC2CNC2)c1. The van der Waals surface area contributed by atoms with E-state index >= 15 is 0 Å². The fourth-order valence-corrected chi connectivity index (χ4v) is 4.09. The monoisotopic (exact) mass is 467 g/mol. The number of rotatable bonds is 9. The molecular weight excluding hydrogens is 445 g/mol. The zero-order valence-electron chi connectivity index (χ0n) is 15.2. The van der Waals surface area contributed by atoms with Gasteiger partial charge in [0, 0.05) is 14.5 Å². The van der Waals surface area contributed by atoms with Gasteiger partial charge in [-0.25, -0.2) is 0 Å². The Morgan fingerprint density at radius 3 is 2.59 bits per heavy atom. The molecule has 27 heavy (non-hydrogen) atoms. The van der Waals surface area contributed by atoms with E-state index in [1.54, 1.807) is 0 Å². The van der Waals surface area contributed by atoms with E-state index in [4.69, 9.17) is 27.9 Å². The van der Waals surface area contributed by atoms with Gasteiger partial charge in [-0.15, -0.1) is 0 Å². The van der Waals surface area contributed by atoms with Crippen molar-refractivity contribution < 1.29 is 4.74 Å². The Hall–Kier alpha value is -1.00. The predicted octanol–water partition coefficient (Wildman–Crippen LogP) is 7.08. The summed E-state index contributed by atoms with van der Waals surface area (Å²) in [5.74, 6) is 1.72. The Balaban J connectivity index is 1.50. The molecular formula is C22H24BrCl2NO. The molecule has 2 aromatic rings. The van der Waals surface area contributed by atoms with Gasteiger partial charge in [-0.1, -0.05) is 70.2 Å². The second kappa shape index (κ2) is 10.5. The molecule has 2 aromatic carbocycles. The van der Waals surface area contributed by atoms with Crippen LogP contribution in [0.25, 0.3) is 12.2 Å². The Bertz CT molecular complexity index is 790. The van der Waals surface area contributed by atoms with Gasteiger partial charge < -0.3 is 10.1 Å². The van der Waals surface area contributed by atoms with E-state index in [0.29, 0.717) is 10.0 Å². The lowest BCUT2D eigenvalue weighted by Gasteiger charge is -2.26. The molecule has 5 heteroatoms. The van der Waals surface area contributed by atoms with Crippen molar-refractivity contribution in [2.24, 2.45) is 5.92 Å². The van der Waals surface area contributed by atoms with Crippen LogP contribution < -0.4 is 10.1 Å². The molecule has 1 saturated heterocycles. The first-order valence-corrected chi connectivity index (χ1v) is 10.9. The highest BCUT2D eigenvalue weighted by molar-refractivity contribution is 9.10. The van der Waals surface area contributed by atoms with Gasteiger partial charge in [-0.2, -0.15) is 0 Å². The first-order chi connectivity index (χ1) is 13.1. The van der Waals surface area contributed by atoms with Crippen LogP contribution in [0.5, 0.6) is 5.75 Å². The highest BCUT2D eigenvalue weighted by Gasteiger charge is 2.15. The van der Waals surface area contributed by atoms with Gasteiger partial charge in [0.1, 0.15) is 5.75 Å². The Morgan fingerprint density at radius 2 is 1.85 bits per heavy atom. The fraction of sp³-hybridized carbons (Fsp3) is 0.364. The summed E-state index contributed by atoms with van der Waals surface area (Å²) >= 11 is 15.8. The summed E-state index contributed by atoms with van der Waals surface area (Å²) in [6.45, 7) is 3.12. The largest absolute Gasteiger partial charge is 0.494 e. The normalized spacial score (nSPS) is 14.5. The summed E-state index contributed by atoms with van der Waals surface area (Å²) in [6, 6.07) is 11.6. The summed E-state index contributed by atoms with van der Waals surface area (Å²) < 4.78 is 6.87. The zero-order valence-corrected chi connectivity index (χ0v) is 18.3. The molecule has 2 nitrogen and oxygen atoms in total. The van der Waals surface area contributed by atoms with Crippen LogP contribution in [0.1, 0.15) is 36.8 Å². The first kappa shape index (κ1) is 20.7. The number of benzene rings is 2. The molecule has 0 aliphatic carbocycles. The van der Waals surface area contributed by atoms with Crippen molar-refractivity contribution in [3.8, 4) is 5.75 Å². The molecule has 0 atom stereocenters. The Labute approximate surface area is 180 Å². The van der Waals surface area contributed by atoms with Gasteiger partial charge in [0.25, 0.3) is 0 Å². The van der Waals surface area contributed by atoms with Crippen LogP contribution in [0.2, 0.25) is 10.0 Å². The maximum atomic E-state index is 6.26. The van der Waals surface area contributed by atoms with Crippen molar-refractivity contribution in [2.75, 3.05) is 19.7 Å². The zero-order chi connectivity index (χ0) is 19.1. The van der Waals surface area contributed by atoms with Gasteiger partial charge in [-0.3, -0.25) is 0 Å². The molecule has 1 aliphatic rings. The van der Waals surface area contributed by atoms with Crippen molar-refractivity contribution in [1.82, 2.24) is 5.32 Å². The van der Waals surface area contributed by atoms with E-state index in [9.17, 15) is 0 Å². The third-order valence-electron chi connectivity index (χ3n) is 4.70. The van der Waals surface area contributed by atoms with Crippen LogP contribution in [0.4, 0.5) is 0 Å². The molecule has 144 valence electrons. The van der Waals surface area contributed by atoms with E-state index in [-0.39, 0.29) is 0 Å². The van der Waals surface area contributed by atoms with E-state index < -0.39 is 0 Å². The van der Waals surface area contributed by atoms with Crippen molar-refractivity contribution in [3.05, 3.63) is 62.0 Å². The minimum atomic E-state index is 0.680. The van der Waals surface area contributed by atoms with Gasteiger partial charge in [0.2, 0.25) is 0 Å². The van der Waals surface area contributed by atoms with E-state index in [1.165, 1.54) is 32.4 Å². The topological polar surface area (TPSA) is 21.3 Å². The molecule has 0 saturated carbocycles. The molecule has 1 N–H and O–H groups in total. The maximum Gasteiger partial charge on any atom is 0.121 e. The quantitative estimate of drug-likeness (QED) is 0.313. The number of nitrogens with one attached hydrogen (secondary N) is 1. The average Bonchev–Trinajstić information content (AvgIpc) is 2.58. The molecule has 1 heterocycles. The summed E-state index contributed by atoms with van der Waals surface area (Å²) in [4.78, 5) is 0. The fourth-order valence-electron chi connectivity index (χ4n) is 3.04. The average molecular weight is 469 g/mol. The summed E-state index contributed by atoms with van der Waals surface area (Å²) in [5.41, 5.74) is 2.07. The van der Waals surface area contributed by atoms with Crippen LogP contribution in [0.3, 0.4) is 0 Å². The smallest absolute Gasteiger partial charge is 0.121 e. The van der Waals surface area contributed by atoms with Gasteiger partial charge in [-0.05, 0) is 73.3 Å². The predicted molar refractivity (Wildman–Crippen MR) is 120 cm³/mol. The maximum absolute atomic E-state index is 6.26. The molecule has 0 amide bonds. The first-order valence-electron chi connectivity index (χ1n) is 9.37. The van der Waals surface area contributed by atoms with Crippen LogP contribution in [0.15, 0.2) is 40.9 Å². The lowest BCUT2D eigenvalue weighted by Crippen LogP contribution is -2.41. The van der Waals surface area contributed by atoms with Crippen LogP contribution in [0, 0.1) is 5.92 Å². The van der Waals surface area contributed by atoms with Crippen molar-refractivity contribution in [2.45, 2.75) is 25.7 Å². The Kier molecular flexibility index (Phi) is 8.07. The summed E-state index contributed by atoms with van der Waals surface area (Å²) in [6.07, 6.45) is 8.98. The van der Waals surface area contributed by atoms with Crippen LogP contribution >= 0.6 is 39.1 Å². The molecule has 0 bridgehead atoms. The molecule has 1 fully saturated rings. The second-order valence-corrected chi connectivity index (χ2v) is 8.67. The lowest BCUT2D eigenvalue weighted by atomic mass is 9.96. The molecule has 0 unspecified atom stereocenters. The third-order valence-corrected chi connectivity index (χ3v) is 5.84. The van der Waals surface area contributed by atoms with Gasteiger partial charge in [0.15, 0.2) is 0 Å². The van der Waals surface area contributed by atoms with E-state index in [0.717, 1.165) is 40.3 Å². The Morgan fingerprint density at radius 1 is 1.00 bits per heavy atom. The van der Waals surface area contributed by atoms with Crippen molar-refractivity contribution in [1.29, 1.82) is 0 Å². The van der Waals surface area contributed by atoms with Gasteiger partial charge >= 0.3 is 0 Å². The number of hydrogen-bond donors (Lipinski definition) is 1. The number of unbranched alkanes of at least 4 members (excludes halogenated alkanes) is 2. The molecule has 1 aliphatic heterocycles. The number of ether oxygens (including phenoxy) is 1.